The number of aryl methyl sites for hydroxylation is 1. The molecule has 0 radical (unpaired) electrons. The van der Waals surface area contributed by atoms with Crippen molar-refractivity contribution in [3.63, 3.8) is 0 Å². The number of nitrogens with one attached hydrogen (secondary N) is 3. The number of hydrogen-bond acceptors (Lipinski definition) is 6. The first-order valence-electron chi connectivity index (χ1n) is 3.85. The van der Waals surface area contributed by atoms with E-state index in [2.05, 4.69) is 36.0 Å². The van der Waals surface area contributed by atoms with E-state index in [4.69, 9.17) is 0 Å². The van der Waals surface area contributed by atoms with Gasteiger partial charge in [-0.2, -0.15) is 5.10 Å². The summed E-state index contributed by atoms with van der Waals surface area (Å²) in [7, 11) is 1.70. The molecule has 0 aliphatic carbocycles. The molecule has 2 rings (SSSR count). The van der Waals surface area contributed by atoms with Crippen molar-refractivity contribution in [3.8, 4) is 0 Å². The minimum absolute atomic E-state index is 0.335. The normalized spacial score (nSPS) is 10.4. The quantitative estimate of drug-likeness (QED) is 0.535. The van der Waals surface area contributed by atoms with Gasteiger partial charge in [0, 0.05) is 7.05 Å². The topological polar surface area (TPSA) is 117 Å². The summed E-state index contributed by atoms with van der Waals surface area (Å²) in [6.45, 7) is 0.354. The summed E-state index contributed by atoms with van der Waals surface area (Å²) in [6.07, 6.45) is 0. The fourth-order valence-electron chi connectivity index (χ4n) is 0.931. The molecule has 0 aromatic carbocycles. The van der Waals surface area contributed by atoms with Crippen LogP contribution in [0.15, 0.2) is 4.79 Å². The number of hydrogen-bond donors (Lipinski definition) is 3. The summed E-state index contributed by atoms with van der Waals surface area (Å²) in [5.74, 6) is 1.01. The van der Waals surface area contributed by atoms with Crippen molar-refractivity contribution in [3.05, 3.63) is 16.3 Å². The Kier molecular flexibility index (Phi) is 1.97. The van der Waals surface area contributed by atoms with Crippen molar-refractivity contribution in [2.45, 2.75) is 6.54 Å². The average molecular weight is 196 g/mol. The molecule has 74 valence electrons. The third kappa shape index (κ3) is 1.60. The average Bonchev–Trinajstić information content (AvgIpc) is 2.72. The Morgan fingerprint density at radius 2 is 2.43 bits per heavy atom. The van der Waals surface area contributed by atoms with Crippen LogP contribution in [0.2, 0.25) is 0 Å². The minimum atomic E-state index is -0.335. The lowest BCUT2D eigenvalue weighted by molar-refractivity contribution is 0.711. The molecule has 2 aromatic heterocycles. The molecule has 14 heavy (non-hydrogen) atoms. The Morgan fingerprint density at radius 3 is 3.00 bits per heavy atom. The van der Waals surface area contributed by atoms with E-state index in [1.807, 2.05) is 0 Å². The van der Waals surface area contributed by atoms with E-state index in [1.54, 1.807) is 7.05 Å². The van der Waals surface area contributed by atoms with Crippen LogP contribution < -0.4 is 11.0 Å². The molecule has 0 saturated carbocycles. The Hall–Kier alpha value is -2.19. The van der Waals surface area contributed by atoms with Crippen molar-refractivity contribution >= 4 is 5.95 Å². The van der Waals surface area contributed by atoms with Gasteiger partial charge in [0.05, 0.1) is 6.54 Å². The molecule has 0 spiro atoms. The molecule has 0 aliphatic rings. The Labute approximate surface area is 77.5 Å². The van der Waals surface area contributed by atoms with Gasteiger partial charge in [0.1, 0.15) is 5.82 Å². The zero-order valence-corrected chi connectivity index (χ0v) is 7.35. The van der Waals surface area contributed by atoms with Crippen LogP contribution >= 0.6 is 0 Å². The zero-order chi connectivity index (χ0) is 9.97. The maximum Gasteiger partial charge on any atom is 0.340 e. The van der Waals surface area contributed by atoms with E-state index in [9.17, 15) is 4.79 Å². The second-order valence-electron chi connectivity index (χ2n) is 2.60. The molecule has 0 bridgehead atoms. The lowest BCUT2D eigenvalue weighted by Gasteiger charge is -1.99. The summed E-state index contributed by atoms with van der Waals surface area (Å²) in [5, 5.41) is 19.6. The predicted molar refractivity (Wildman–Crippen MR) is 45.3 cm³/mol. The third-order valence-electron chi connectivity index (χ3n) is 1.58. The molecule has 0 aliphatic heterocycles. The van der Waals surface area contributed by atoms with Gasteiger partial charge in [-0.1, -0.05) is 5.10 Å². The van der Waals surface area contributed by atoms with Gasteiger partial charge >= 0.3 is 5.69 Å². The Balaban J connectivity index is 2.01. The lowest BCUT2D eigenvalue weighted by Crippen LogP contribution is -2.08. The Bertz CT molecular complexity index is 466. The second kappa shape index (κ2) is 3.28. The lowest BCUT2D eigenvalue weighted by atomic mass is 10.6. The van der Waals surface area contributed by atoms with Crippen LogP contribution in [0, 0.1) is 0 Å². The van der Waals surface area contributed by atoms with Crippen LogP contribution in [0.25, 0.3) is 0 Å². The monoisotopic (exact) mass is 196 g/mol. The van der Waals surface area contributed by atoms with Crippen molar-refractivity contribution in [1.29, 1.82) is 0 Å². The highest BCUT2D eigenvalue weighted by atomic mass is 16.1. The molecule has 0 atom stereocenters. The fourth-order valence-corrected chi connectivity index (χ4v) is 0.931. The molecular formula is C5H8N8O. The van der Waals surface area contributed by atoms with Crippen molar-refractivity contribution < 1.29 is 0 Å². The summed E-state index contributed by atoms with van der Waals surface area (Å²) in [6, 6.07) is 0. The maximum atomic E-state index is 10.7. The van der Waals surface area contributed by atoms with E-state index in [-0.39, 0.29) is 5.69 Å². The first kappa shape index (κ1) is 8.41. The summed E-state index contributed by atoms with van der Waals surface area (Å²) < 4.78 is 1.48. The molecule has 0 saturated heterocycles. The van der Waals surface area contributed by atoms with Gasteiger partial charge in [-0.05, 0) is 10.4 Å². The van der Waals surface area contributed by atoms with Gasteiger partial charge in [-0.15, -0.1) is 0 Å². The zero-order valence-electron chi connectivity index (χ0n) is 7.35. The van der Waals surface area contributed by atoms with Gasteiger partial charge in [0.2, 0.25) is 5.95 Å². The molecular weight excluding hydrogens is 188 g/mol. The maximum absolute atomic E-state index is 10.7. The van der Waals surface area contributed by atoms with Crippen LogP contribution in [0.1, 0.15) is 5.82 Å². The first-order chi connectivity index (χ1) is 6.75. The van der Waals surface area contributed by atoms with Crippen LogP contribution in [0.3, 0.4) is 0 Å². The smallest absolute Gasteiger partial charge is 0.340 e. The van der Waals surface area contributed by atoms with Gasteiger partial charge in [0.25, 0.3) is 0 Å². The standard InChI is InChI=1S/C5H8N8O/c1-13-4(9-11-12-13)6-2-3-7-5(14)10-8-3/h2H2,1H3,(H,6,9,12)(H2,7,8,10,14). The second-order valence-corrected chi connectivity index (χ2v) is 2.60. The van der Waals surface area contributed by atoms with E-state index in [0.717, 1.165) is 0 Å². The van der Waals surface area contributed by atoms with Crippen molar-refractivity contribution in [1.82, 2.24) is 35.4 Å². The van der Waals surface area contributed by atoms with E-state index in [0.29, 0.717) is 18.3 Å². The highest BCUT2D eigenvalue weighted by Crippen LogP contribution is 1.96. The number of anilines is 1. The van der Waals surface area contributed by atoms with Crippen molar-refractivity contribution in [2.24, 2.45) is 7.05 Å². The van der Waals surface area contributed by atoms with Crippen LogP contribution in [-0.4, -0.2) is 35.4 Å². The molecule has 0 unspecified atom stereocenters. The van der Waals surface area contributed by atoms with Crippen LogP contribution in [0.5, 0.6) is 0 Å². The van der Waals surface area contributed by atoms with E-state index < -0.39 is 0 Å². The molecule has 3 N–H and O–H groups in total. The van der Waals surface area contributed by atoms with E-state index >= 15 is 0 Å². The minimum Gasteiger partial charge on any atom is -0.346 e. The molecule has 0 amide bonds. The molecule has 2 aromatic rings. The predicted octanol–water partition coefficient (Wildman–Crippen LogP) is -1.77. The number of aromatic nitrogens is 7. The molecule has 9 nitrogen and oxygen atoms in total. The molecule has 9 heteroatoms. The third-order valence-corrected chi connectivity index (χ3v) is 1.58. The molecule has 0 fully saturated rings. The fraction of sp³-hybridized carbons (Fsp3) is 0.400. The van der Waals surface area contributed by atoms with E-state index in [1.165, 1.54) is 4.68 Å². The highest BCUT2D eigenvalue weighted by Gasteiger charge is 2.02. The Morgan fingerprint density at radius 1 is 1.57 bits per heavy atom. The largest absolute Gasteiger partial charge is 0.346 e. The summed E-state index contributed by atoms with van der Waals surface area (Å²) in [5.41, 5.74) is -0.335. The number of nitrogens with zero attached hydrogens (tertiary/aromatic N) is 5. The van der Waals surface area contributed by atoms with Gasteiger partial charge in [-0.3, -0.25) is 4.98 Å². The summed E-state index contributed by atoms with van der Waals surface area (Å²) >= 11 is 0. The number of rotatable bonds is 3. The summed E-state index contributed by atoms with van der Waals surface area (Å²) in [4.78, 5) is 13.2. The van der Waals surface area contributed by atoms with Crippen molar-refractivity contribution in [2.75, 3.05) is 5.32 Å². The molecule has 2 heterocycles. The number of H-pyrrole nitrogens is 2. The van der Waals surface area contributed by atoms with Gasteiger partial charge in [-0.25, -0.2) is 14.6 Å². The van der Waals surface area contributed by atoms with Crippen LogP contribution in [0.4, 0.5) is 5.95 Å². The van der Waals surface area contributed by atoms with Gasteiger partial charge < -0.3 is 5.32 Å². The SMILES string of the molecule is Cn1nnnc1NCc1n[nH]c(=O)[nH]1. The first-order valence-corrected chi connectivity index (χ1v) is 3.85. The van der Waals surface area contributed by atoms with Crippen LogP contribution in [-0.2, 0) is 13.6 Å². The van der Waals surface area contributed by atoms with Gasteiger partial charge in [0.15, 0.2) is 0 Å². The number of aromatic amines is 2. The highest BCUT2D eigenvalue weighted by molar-refractivity contribution is 5.21. The number of tetrazole rings is 1.